The predicted molar refractivity (Wildman–Crippen MR) is 77.8 cm³/mol. The molecule has 1 aromatic heterocycles. The van der Waals surface area contributed by atoms with E-state index in [0.717, 1.165) is 22.7 Å². The summed E-state index contributed by atoms with van der Waals surface area (Å²) in [6, 6.07) is 13.1. The van der Waals surface area contributed by atoms with Crippen molar-refractivity contribution in [3.05, 3.63) is 69.6 Å². The van der Waals surface area contributed by atoms with E-state index in [-0.39, 0.29) is 5.43 Å². The van der Waals surface area contributed by atoms with E-state index in [9.17, 15) is 4.79 Å². The highest BCUT2D eigenvalue weighted by Crippen LogP contribution is 2.17. The first-order chi connectivity index (χ1) is 9.11. The lowest BCUT2D eigenvalue weighted by Gasteiger charge is -2.12. The first-order valence-electron chi connectivity index (χ1n) is 6.13. The van der Waals surface area contributed by atoms with E-state index in [4.69, 9.17) is 4.74 Å². The fraction of sp³-hybridized carbons (Fsp3) is 0.188. The van der Waals surface area contributed by atoms with Gasteiger partial charge in [-0.2, -0.15) is 0 Å². The maximum Gasteiger partial charge on any atom is 0.182 e. The van der Waals surface area contributed by atoms with Gasteiger partial charge in [0.05, 0.1) is 13.3 Å². The van der Waals surface area contributed by atoms with Gasteiger partial charge in [-0.3, -0.25) is 4.79 Å². The molecular weight excluding hydrogens is 238 g/mol. The Labute approximate surface area is 112 Å². The quantitative estimate of drug-likeness (QED) is 0.789. The molecule has 0 atom stereocenters. The summed E-state index contributed by atoms with van der Waals surface area (Å²) in [4.78, 5) is 11.4. The van der Waals surface area contributed by atoms with Gasteiger partial charge in [-0.05, 0) is 13.8 Å². The Hall–Kier alpha value is -2.29. The summed E-state index contributed by atoms with van der Waals surface area (Å²) in [6.07, 6.45) is 1.90. The lowest BCUT2D eigenvalue weighted by molar-refractivity contribution is 0.371. The number of rotatable bonds is 3. The van der Waals surface area contributed by atoms with Gasteiger partial charge in [0.1, 0.15) is 5.76 Å². The van der Waals surface area contributed by atoms with Crippen molar-refractivity contribution in [1.29, 1.82) is 0 Å². The third-order valence-electron chi connectivity index (χ3n) is 2.99. The summed E-state index contributed by atoms with van der Waals surface area (Å²) in [5.74, 6) is 0.760. The van der Waals surface area contributed by atoms with Gasteiger partial charge in [0.2, 0.25) is 0 Å². The van der Waals surface area contributed by atoms with Crippen molar-refractivity contribution in [2.45, 2.75) is 13.8 Å². The van der Waals surface area contributed by atoms with Gasteiger partial charge in [-0.1, -0.05) is 30.3 Å². The number of aromatic nitrogens is 1. The summed E-state index contributed by atoms with van der Waals surface area (Å²) in [7, 11) is 1.64. The fourth-order valence-electron chi connectivity index (χ4n) is 2.04. The van der Waals surface area contributed by atoms with E-state index in [2.05, 4.69) is 0 Å². The molecule has 0 unspecified atom stereocenters. The third kappa shape index (κ3) is 2.94. The molecule has 3 nitrogen and oxygen atoms in total. The molecule has 98 valence electrons. The van der Waals surface area contributed by atoms with E-state index in [1.165, 1.54) is 0 Å². The molecule has 2 rings (SSSR count). The molecule has 0 aliphatic heterocycles. The number of benzene rings is 1. The smallest absolute Gasteiger partial charge is 0.182 e. The van der Waals surface area contributed by atoms with Gasteiger partial charge >= 0.3 is 0 Å². The van der Waals surface area contributed by atoms with Crippen LogP contribution in [0.15, 0.2) is 47.3 Å². The molecule has 0 amide bonds. The molecule has 3 heteroatoms. The lowest BCUT2D eigenvalue weighted by atomic mass is 10.2. The number of pyridine rings is 1. The molecule has 0 saturated carbocycles. The van der Waals surface area contributed by atoms with E-state index in [1.54, 1.807) is 19.2 Å². The SMILES string of the molecule is COC(=Cn1c(C)cc(=O)cc1C)c1ccccc1. The fourth-order valence-corrected chi connectivity index (χ4v) is 2.04. The van der Waals surface area contributed by atoms with Crippen LogP contribution in [-0.2, 0) is 4.74 Å². The van der Waals surface area contributed by atoms with Gasteiger partial charge in [0.25, 0.3) is 0 Å². The average Bonchev–Trinajstić information content (AvgIpc) is 2.39. The third-order valence-corrected chi connectivity index (χ3v) is 2.99. The van der Waals surface area contributed by atoms with Crippen LogP contribution in [0.2, 0.25) is 0 Å². The highest BCUT2D eigenvalue weighted by molar-refractivity contribution is 5.70. The molecule has 0 fully saturated rings. The molecule has 1 heterocycles. The first-order valence-corrected chi connectivity index (χ1v) is 6.13. The Morgan fingerprint density at radius 3 is 2.21 bits per heavy atom. The minimum atomic E-state index is 0.0262. The van der Waals surface area contributed by atoms with Crippen LogP contribution in [0.4, 0.5) is 0 Å². The monoisotopic (exact) mass is 255 g/mol. The summed E-state index contributed by atoms with van der Waals surface area (Å²) < 4.78 is 7.39. The van der Waals surface area contributed by atoms with Crippen molar-refractivity contribution in [3.8, 4) is 0 Å². The van der Waals surface area contributed by atoms with Gasteiger partial charge < -0.3 is 9.30 Å². The molecule has 1 aromatic carbocycles. The van der Waals surface area contributed by atoms with Crippen molar-refractivity contribution in [3.63, 3.8) is 0 Å². The van der Waals surface area contributed by atoms with Crippen LogP contribution in [0.3, 0.4) is 0 Å². The standard InChI is InChI=1S/C16H17NO2/c1-12-9-15(18)10-13(2)17(12)11-16(19-3)14-7-5-4-6-8-14/h4-11H,1-3H3. The molecule has 0 bridgehead atoms. The average molecular weight is 255 g/mol. The Balaban J connectivity index is 2.53. The van der Waals surface area contributed by atoms with E-state index < -0.39 is 0 Å². The Kier molecular flexibility index (Phi) is 3.85. The van der Waals surface area contributed by atoms with Crippen molar-refractivity contribution in [2.24, 2.45) is 0 Å². The molecular formula is C16H17NO2. The number of aryl methyl sites for hydroxylation is 2. The van der Waals surface area contributed by atoms with Crippen LogP contribution < -0.4 is 5.43 Å². The summed E-state index contributed by atoms with van der Waals surface area (Å²) in [6.45, 7) is 3.81. The number of ether oxygens (including phenoxy) is 1. The predicted octanol–water partition coefficient (Wildman–Crippen LogP) is 3.07. The van der Waals surface area contributed by atoms with Crippen LogP contribution in [0, 0.1) is 13.8 Å². The summed E-state index contributed by atoms with van der Waals surface area (Å²) >= 11 is 0. The van der Waals surface area contributed by atoms with Crippen molar-refractivity contribution in [2.75, 3.05) is 7.11 Å². The van der Waals surface area contributed by atoms with E-state index in [1.807, 2.05) is 54.9 Å². The zero-order chi connectivity index (χ0) is 13.8. The molecule has 0 radical (unpaired) electrons. The number of hydrogen-bond donors (Lipinski definition) is 0. The van der Waals surface area contributed by atoms with Crippen LogP contribution >= 0.6 is 0 Å². The molecule has 0 N–H and O–H groups in total. The van der Waals surface area contributed by atoms with Gasteiger partial charge in [-0.15, -0.1) is 0 Å². The molecule has 0 aliphatic rings. The Bertz CT molecular complexity index is 628. The van der Waals surface area contributed by atoms with Crippen molar-refractivity contribution >= 4 is 12.0 Å². The highest BCUT2D eigenvalue weighted by atomic mass is 16.5. The Morgan fingerprint density at radius 1 is 1.11 bits per heavy atom. The zero-order valence-corrected chi connectivity index (χ0v) is 11.4. The number of hydrogen-bond acceptors (Lipinski definition) is 2. The second kappa shape index (κ2) is 5.57. The largest absolute Gasteiger partial charge is 0.495 e. The normalized spacial score (nSPS) is 11.4. The highest BCUT2D eigenvalue weighted by Gasteiger charge is 2.04. The van der Waals surface area contributed by atoms with Gasteiger partial charge in [-0.25, -0.2) is 0 Å². The molecule has 0 spiro atoms. The maximum atomic E-state index is 11.4. The maximum absolute atomic E-state index is 11.4. The van der Waals surface area contributed by atoms with Gasteiger partial charge in [0.15, 0.2) is 5.43 Å². The van der Waals surface area contributed by atoms with Gasteiger partial charge in [0, 0.05) is 29.1 Å². The molecule has 0 saturated heterocycles. The molecule has 2 aromatic rings. The van der Waals surface area contributed by atoms with Crippen molar-refractivity contribution < 1.29 is 4.74 Å². The lowest BCUT2D eigenvalue weighted by Crippen LogP contribution is -2.09. The van der Waals surface area contributed by atoms with E-state index in [0.29, 0.717) is 0 Å². The Morgan fingerprint density at radius 2 is 1.68 bits per heavy atom. The summed E-state index contributed by atoms with van der Waals surface area (Å²) in [5, 5.41) is 0. The summed E-state index contributed by atoms with van der Waals surface area (Å²) in [5.41, 5.74) is 2.80. The van der Waals surface area contributed by atoms with Crippen LogP contribution in [0.1, 0.15) is 17.0 Å². The van der Waals surface area contributed by atoms with Crippen LogP contribution in [-0.4, -0.2) is 11.7 Å². The van der Waals surface area contributed by atoms with Crippen LogP contribution in [0.25, 0.3) is 12.0 Å². The minimum absolute atomic E-state index is 0.0262. The zero-order valence-electron chi connectivity index (χ0n) is 11.4. The topological polar surface area (TPSA) is 31.2 Å². The minimum Gasteiger partial charge on any atom is -0.495 e. The van der Waals surface area contributed by atoms with Crippen molar-refractivity contribution in [1.82, 2.24) is 4.57 Å². The molecule has 0 aliphatic carbocycles. The van der Waals surface area contributed by atoms with E-state index >= 15 is 0 Å². The second-order valence-electron chi connectivity index (χ2n) is 4.41. The second-order valence-corrected chi connectivity index (χ2v) is 4.41. The van der Waals surface area contributed by atoms with Crippen LogP contribution in [0.5, 0.6) is 0 Å². The number of methoxy groups -OCH3 is 1. The number of nitrogens with zero attached hydrogens (tertiary/aromatic N) is 1. The first kappa shape index (κ1) is 13.1. The molecule has 19 heavy (non-hydrogen) atoms.